The summed E-state index contributed by atoms with van der Waals surface area (Å²) in [6.07, 6.45) is 2.04. The lowest BCUT2D eigenvalue weighted by molar-refractivity contribution is 0.0952. The third kappa shape index (κ3) is 4.57. The number of benzene rings is 1. The monoisotopic (exact) mass is 234 g/mol. The van der Waals surface area contributed by atoms with Crippen molar-refractivity contribution in [3.63, 3.8) is 0 Å². The number of aryl methyl sites for hydroxylation is 1. The normalized spacial score (nSPS) is 12.2. The van der Waals surface area contributed by atoms with E-state index in [0.29, 0.717) is 12.5 Å². The molecule has 0 aliphatic rings. The number of nitrogens with one attached hydrogen (secondary N) is 1. The molecule has 1 amide bonds. The molecule has 0 fully saturated rings. The van der Waals surface area contributed by atoms with E-state index in [1.54, 1.807) is 0 Å². The van der Waals surface area contributed by atoms with Gasteiger partial charge in [0.05, 0.1) is 0 Å². The first-order valence-corrected chi connectivity index (χ1v) is 6.19. The molecular formula is C14H22N2O. The fraction of sp³-hybridized carbons (Fsp3) is 0.500. The van der Waals surface area contributed by atoms with Crippen molar-refractivity contribution in [1.29, 1.82) is 0 Å². The topological polar surface area (TPSA) is 55.1 Å². The van der Waals surface area contributed by atoms with E-state index in [9.17, 15) is 4.79 Å². The average molecular weight is 234 g/mol. The van der Waals surface area contributed by atoms with Crippen molar-refractivity contribution in [3.05, 3.63) is 35.4 Å². The second-order valence-corrected chi connectivity index (χ2v) is 4.55. The van der Waals surface area contributed by atoms with Crippen molar-refractivity contribution >= 4 is 5.91 Å². The molecule has 0 aliphatic carbocycles. The number of carbonyl (C=O) groups excluding carboxylic acids is 1. The molecule has 17 heavy (non-hydrogen) atoms. The molecule has 0 saturated heterocycles. The van der Waals surface area contributed by atoms with Crippen molar-refractivity contribution in [1.82, 2.24) is 5.32 Å². The lowest BCUT2D eigenvalue weighted by Crippen LogP contribution is -2.25. The second-order valence-electron chi connectivity index (χ2n) is 4.55. The Morgan fingerprint density at radius 3 is 2.76 bits per heavy atom. The summed E-state index contributed by atoms with van der Waals surface area (Å²) < 4.78 is 0. The molecule has 0 aliphatic heterocycles. The van der Waals surface area contributed by atoms with E-state index in [2.05, 4.69) is 12.2 Å². The lowest BCUT2D eigenvalue weighted by atomic mass is 10.1. The first-order chi connectivity index (χ1) is 8.15. The zero-order valence-electron chi connectivity index (χ0n) is 10.7. The molecule has 0 radical (unpaired) electrons. The van der Waals surface area contributed by atoms with Gasteiger partial charge in [0.25, 0.3) is 5.91 Å². The SMILES string of the molecule is Cc1ccccc1C(=O)NCCCC(C)CN. The van der Waals surface area contributed by atoms with Crippen molar-refractivity contribution in [2.45, 2.75) is 26.7 Å². The highest BCUT2D eigenvalue weighted by atomic mass is 16.1. The summed E-state index contributed by atoms with van der Waals surface area (Å²) in [5.74, 6) is 0.550. The average Bonchev–Trinajstić information content (AvgIpc) is 2.34. The van der Waals surface area contributed by atoms with Crippen molar-refractivity contribution in [2.75, 3.05) is 13.1 Å². The molecular weight excluding hydrogens is 212 g/mol. The summed E-state index contributed by atoms with van der Waals surface area (Å²) in [6, 6.07) is 7.63. The van der Waals surface area contributed by atoms with Gasteiger partial charge in [0, 0.05) is 12.1 Å². The fourth-order valence-electron chi connectivity index (χ4n) is 1.69. The summed E-state index contributed by atoms with van der Waals surface area (Å²) in [7, 11) is 0. The molecule has 0 heterocycles. The molecule has 1 rings (SSSR count). The third-order valence-electron chi connectivity index (χ3n) is 2.95. The van der Waals surface area contributed by atoms with Crippen LogP contribution >= 0.6 is 0 Å². The minimum atomic E-state index is 0.0171. The maximum Gasteiger partial charge on any atom is 0.251 e. The predicted molar refractivity (Wildman–Crippen MR) is 71.0 cm³/mol. The molecule has 1 aromatic rings. The number of hydrogen-bond donors (Lipinski definition) is 2. The molecule has 3 N–H and O–H groups in total. The molecule has 1 atom stereocenters. The molecule has 1 unspecified atom stereocenters. The third-order valence-corrected chi connectivity index (χ3v) is 2.95. The van der Waals surface area contributed by atoms with Crippen LogP contribution in [-0.4, -0.2) is 19.0 Å². The van der Waals surface area contributed by atoms with Gasteiger partial charge in [-0.3, -0.25) is 4.79 Å². The molecule has 3 nitrogen and oxygen atoms in total. The van der Waals surface area contributed by atoms with Gasteiger partial charge in [-0.05, 0) is 43.9 Å². The zero-order valence-corrected chi connectivity index (χ0v) is 10.7. The summed E-state index contributed by atoms with van der Waals surface area (Å²) in [6.45, 7) is 5.51. The van der Waals surface area contributed by atoms with Crippen molar-refractivity contribution < 1.29 is 4.79 Å². The van der Waals surface area contributed by atoms with Gasteiger partial charge >= 0.3 is 0 Å². The van der Waals surface area contributed by atoms with Crippen LogP contribution < -0.4 is 11.1 Å². The van der Waals surface area contributed by atoms with Gasteiger partial charge in [-0.25, -0.2) is 0 Å². The highest BCUT2D eigenvalue weighted by Gasteiger charge is 2.07. The summed E-state index contributed by atoms with van der Waals surface area (Å²) in [5.41, 5.74) is 7.32. The highest BCUT2D eigenvalue weighted by molar-refractivity contribution is 5.95. The Bertz CT molecular complexity index is 363. The van der Waals surface area contributed by atoms with Crippen LogP contribution in [0.3, 0.4) is 0 Å². The van der Waals surface area contributed by atoms with E-state index >= 15 is 0 Å². The van der Waals surface area contributed by atoms with E-state index in [4.69, 9.17) is 5.73 Å². The maximum atomic E-state index is 11.8. The Morgan fingerprint density at radius 2 is 2.12 bits per heavy atom. The molecule has 0 aromatic heterocycles. The van der Waals surface area contributed by atoms with Crippen LogP contribution in [0.15, 0.2) is 24.3 Å². The standard InChI is InChI=1S/C14H22N2O/c1-11(10-15)6-5-9-16-14(17)13-8-4-3-7-12(13)2/h3-4,7-8,11H,5-6,9-10,15H2,1-2H3,(H,16,17). The number of nitrogens with two attached hydrogens (primary N) is 1. The van der Waals surface area contributed by atoms with Crippen LogP contribution in [0.25, 0.3) is 0 Å². The van der Waals surface area contributed by atoms with Gasteiger partial charge < -0.3 is 11.1 Å². The van der Waals surface area contributed by atoms with Gasteiger partial charge in [-0.2, -0.15) is 0 Å². The maximum absolute atomic E-state index is 11.8. The molecule has 0 bridgehead atoms. The van der Waals surface area contributed by atoms with E-state index in [1.807, 2.05) is 31.2 Å². The second kappa shape index (κ2) is 7.07. The van der Waals surface area contributed by atoms with Crippen molar-refractivity contribution in [3.8, 4) is 0 Å². The van der Waals surface area contributed by atoms with Crippen LogP contribution in [0.4, 0.5) is 0 Å². The van der Waals surface area contributed by atoms with Crippen LogP contribution in [0.2, 0.25) is 0 Å². The number of rotatable bonds is 6. The van der Waals surface area contributed by atoms with E-state index in [1.165, 1.54) is 0 Å². The smallest absolute Gasteiger partial charge is 0.251 e. The quantitative estimate of drug-likeness (QED) is 0.741. The Balaban J connectivity index is 2.33. The van der Waals surface area contributed by atoms with Gasteiger partial charge in [0.1, 0.15) is 0 Å². The highest BCUT2D eigenvalue weighted by Crippen LogP contribution is 2.07. The van der Waals surface area contributed by atoms with E-state index in [0.717, 1.165) is 30.5 Å². The predicted octanol–water partition coefficient (Wildman–Crippen LogP) is 2.10. The molecule has 1 aromatic carbocycles. The summed E-state index contributed by atoms with van der Waals surface area (Å²) in [5, 5.41) is 2.94. The van der Waals surface area contributed by atoms with Crippen molar-refractivity contribution in [2.24, 2.45) is 11.7 Å². The van der Waals surface area contributed by atoms with Gasteiger partial charge in [0.2, 0.25) is 0 Å². The summed E-state index contributed by atoms with van der Waals surface area (Å²) >= 11 is 0. The van der Waals surface area contributed by atoms with Gasteiger partial charge in [0.15, 0.2) is 0 Å². The Kier molecular flexibility index (Phi) is 5.70. The Hall–Kier alpha value is -1.35. The van der Waals surface area contributed by atoms with Gasteiger partial charge in [-0.15, -0.1) is 0 Å². The van der Waals surface area contributed by atoms with Gasteiger partial charge in [-0.1, -0.05) is 25.1 Å². The largest absolute Gasteiger partial charge is 0.352 e. The first kappa shape index (κ1) is 13.7. The first-order valence-electron chi connectivity index (χ1n) is 6.19. The molecule has 0 saturated carbocycles. The Morgan fingerprint density at radius 1 is 1.41 bits per heavy atom. The van der Waals surface area contributed by atoms with Crippen LogP contribution in [-0.2, 0) is 0 Å². The molecule has 94 valence electrons. The molecule has 3 heteroatoms. The number of carbonyl (C=O) groups is 1. The summed E-state index contributed by atoms with van der Waals surface area (Å²) in [4.78, 5) is 11.8. The zero-order chi connectivity index (χ0) is 12.7. The van der Waals surface area contributed by atoms with E-state index < -0.39 is 0 Å². The minimum Gasteiger partial charge on any atom is -0.352 e. The fourth-order valence-corrected chi connectivity index (χ4v) is 1.69. The number of amides is 1. The van der Waals surface area contributed by atoms with Crippen LogP contribution in [0.1, 0.15) is 35.7 Å². The van der Waals surface area contributed by atoms with E-state index in [-0.39, 0.29) is 5.91 Å². The molecule has 0 spiro atoms. The van der Waals surface area contributed by atoms with Crippen LogP contribution in [0, 0.1) is 12.8 Å². The Labute approximate surface area is 103 Å². The lowest BCUT2D eigenvalue weighted by Gasteiger charge is -2.09. The minimum absolute atomic E-state index is 0.0171. The number of hydrogen-bond acceptors (Lipinski definition) is 2. The van der Waals surface area contributed by atoms with Crippen LogP contribution in [0.5, 0.6) is 0 Å².